The van der Waals surface area contributed by atoms with Crippen molar-refractivity contribution in [2.75, 3.05) is 0 Å². The summed E-state index contributed by atoms with van der Waals surface area (Å²) in [5.41, 5.74) is 2.54. The molecule has 0 aromatic heterocycles. The molecule has 80 valence electrons. The summed E-state index contributed by atoms with van der Waals surface area (Å²) in [7, 11) is 0. The minimum Gasteiger partial charge on any atom is -0.481 e. The Balaban J connectivity index is 3.82. The van der Waals surface area contributed by atoms with E-state index in [9.17, 15) is 4.79 Å². The molecular formula is C12H20O2. The molecule has 0 fully saturated rings. The largest absolute Gasteiger partial charge is 0.481 e. The molecule has 0 saturated heterocycles. The first kappa shape index (κ1) is 12.9. The molecule has 0 spiro atoms. The zero-order valence-corrected chi connectivity index (χ0v) is 9.34. The first-order chi connectivity index (χ1) is 6.56. The zero-order chi connectivity index (χ0) is 11.0. The van der Waals surface area contributed by atoms with Crippen molar-refractivity contribution in [3.8, 4) is 0 Å². The van der Waals surface area contributed by atoms with Gasteiger partial charge < -0.3 is 5.11 Å². The Bertz CT molecular complexity index is 237. The number of hydrogen-bond acceptors (Lipinski definition) is 1. The molecule has 1 N–H and O–H groups in total. The SMILES string of the molecule is CC/C(C)=C\C/C=C(/C)CCC(=O)O. The lowest BCUT2D eigenvalue weighted by atomic mass is 10.1. The van der Waals surface area contributed by atoms with E-state index in [2.05, 4.69) is 26.0 Å². The van der Waals surface area contributed by atoms with Gasteiger partial charge in [0.25, 0.3) is 0 Å². The van der Waals surface area contributed by atoms with Crippen molar-refractivity contribution in [3.05, 3.63) is 23.3 Å². The van der Waals surface area contributed by atoms with Crippen LogP contribution in [-0.2, 0) is 4.79 Å². The monoisotopic (exact) mass is 196 g/mol. The van der Waals surface area contributed by atoms with E-state index in [1.165, 1.54) is 5.57 Å². The van der Waals surface area contributed by atoms with E-state index < -0.39 is 5.97 Å². The molecule has 0 saturated carbocycles. The van der Waals surface area contributed by atoms with Gasteiger partial charge in [0.2, 0.25) is 0 Å². The van der Waals surface area contributed by atoms with Crippen LogP contribution in [0.5, 0.6) is 0 Å². The lowest BCUT2D eigenvalue weighted by Gasteiger charge is -1.97. The van der Waals surface area contributed by atoms with Gasteiger partial charge in [-0.25, -0.2) is 0 Å². The van der Waals surface area contributed by atoms with Crippen LogP contribution in [0.4, 0.5) is 0 Å². The molecule has 0 atom stereocenters. The number of aliphatic carboxylic acids is 1. The van der Waals surface area contributed by atoms with Crippen molar-refractivity contribution in [1.29, 1.82) is 0 Å². The van der Waals surface area contributed by atoms with Crippen LogP contribution in [0.15, 0.2) is 23.3 Å². The van der Waals surface area contributed by atoms with E-state index in [4.69, 9.17) is 5.11 Å². The number of rotatable bonds is 6. The average Bonchev–Trinajstić information content (AvgIpc) is 2.14. The maximum Gasteiger partial charge on any atom is 0.303 e. The Morgan fingerprint density at radius 3 is 2.21 bits per heavy atom. The van der Waals surface area contributed by atoms with Crippen LogP contribution < -0.4 is 0 Å². The Hall–Kier alpha value is -1.05. The van der Waals surface area contributed by atoms with Gasteiger partial charge >= 0.3 is 5.97 Å². The van der Waals surface area contributed by atoms with Gasteiger partial charge in [-0.05, 0) is 33.1 Å². The van der Waals surface area contributed by atoms with Crippen molar-refractivity contribution < 1.29 is 9.90 Å². The minimum atomic E-state index is -0.724. The molecule has 0 rings (SSSR count). The number of hydrogen-bond donors (Lipinski definition) is 1. The molecule has 0 bridgehead atoms. The third kappa shape index (κ3) is 7.59. The summed E-state index contributed by atoms with van der Waals surface area (Å²) in [4.78, 5) is 10.3. The summed E-state index contributed by atoms with van der Waals surface area (Å²) in [5.74, 6) is -0.724. The third-order valence-electron chi connectivity index (χ3n) is 2.22. The van der Waals surface area contributed by atoms with Crippen molar-refractivity contribution in [2.24, 2.45) is 0 Å². The van der Waals surface area contributed by atoms with Crippen LogP contribution in [0.1, 0.15) is 46.5 Å². The van der Waals surface area contributed by atoms with Crippen molar-refractivity contribution >= 4 is 5.97 Å². The van der Waals surface area contributed by atoms with E-state index >= 15 is 0 Å². The van der Waals surface area contributed by atoms with Crippen molar-refractivity contribution in [2.45, 2.75) is 46.5 Å². The molecule has 0 radical (unpaired) electrons. The van der Waals surface area contributed by atoms with Gasteiger partial charge in [-0.3, -0.25) is 4.79 Å². The van der Waals surface area contributed by atoms with E-state index in [0.29, 0.717) is 6.42 Å². The second-order valence-corrected chi connectivity index (χ2v) is 3.58. The molecule has 14 heavy (non-hydrogen) atoms. The Kier molecular flexibility index (Phi) is 6.81. The third-order valence-corrected chi connectivity index (χ3v) is 2.22. The van der Waals surface area contributed by atoms with Crippen LogP contribution in [0.25, 0.3) is 0 Å². The highest BCUT2D eigenvalue weighted by Gasteiger charge is 1.96. The van der Waals surface area contributed by atoms with E-state index in [1.54, 1.807) is 0 Å². The summed E-state index contributed by atoms with van der Waals surface area (Å²) in [6.45, 7) is 6.23. The Morgan fingerprint density at radius 2 is 1.71 bits per heavy atom. The van der Waals surface area contributed by atoms with Crippen LogP contribution in [-0.4, -0.2) is 11.1 Å². The van der Waals surface area contributed by atoms with E-state index in [0.717, 1.165) is 18.4 Å². The second kappa shape index (κ2) is 7.36. The molecule has 0 aliphatic rings. The van der Waals surface area contributed by atoms with Crippen LogP contribution in [0, 0.1) is 0 Å². The van der Waals surface area contributed by atoms with Gasteiger partial charge in [-0.15, -0.1) is 0 Å². The maximum absolute atomic E-state index is 10.3. The van der Waals surface area contributed by atoms with E-state index in [1.807, 2.05) is 6.92 Å². The summed E-state index contributed by atoms with van der Waals surface area (Å²) < 4.78 is 0. The van der Waals surface area contributed by atoms with E-state index in [-0.39, 0.29) is 6.42 Å². The van der Waals surface area contributed by atoms with Gasteiger partial charge in [-0.1, -0.05) is 30.2 Å². The highest BCUT2D eigenvalue weighted by molar-refractivity contribution is 5.66. The summed E-state index contributed by atoms with van der Waals surface area (Å²) in [6.07, 6.45) is 7.19. The molecule has 0 aliphatic carbocycles. The molecule has 2 heteroatoms. The smallest absolute Gasteiger partial charge is 0.303 e. The summed E-state index contributed by atoms with van der Waals surface area (Å²) >= 11 is 0. The molecule has 0 aromatic carbocycles. The Morgan fingerprint density at radius 1 is 1.14 bits per heavy atom. The van der Waals surface area contributed by atoms with Gasteiger partial charge in [-0.2, -0.15) is 0 Å². The maximum atomic E-state index is 10.3. The standard InChI is InChI=1S/C12H20O2/c1-4-10(2)6-5-7-11(3)8-9-12(13)14/h6-7H,4-5,8-9H2,1-3H3,(H,13,14)/b10-6-,11-7-. The molecule has 2 nitrogen and oxygen atoms in total. The minimum absolute atomic E-state index is 0.235. The Labute approximate surface area is 86.3 Å². The second-order valence-electron chi connectivity index (χ2n) is 3.58. The molecule has 0 amide bonds. The zero-order valence-electron chi connectivity index (χ0n) is 9.34. The fourth-order valence-electron chi connectivity index (χ4n) is 1.01. The van der Waals surface area contributed by atoms with Crippen LogP contribution in [0.3, 0.4) is 0 Å². The number of carboxylic acid groups (broad SMARTS) is 1. The highest BCUT2D eigenvalue weighted by Crippen LogP contribution is 2.07. The number of carbonyl (C=O) groups is 1. The van der Waals surface area contributed by atoms with Crippen LogP contribution >= 0.6 is 0 Å². The lowest BCUT2D eigenvalue weighted by Crippen LogP contribution is -1.93. The quantitative estimate of drug-likeness (QED) is 0.660. The van der Waals surface area contributed by atoms with Gasteiger partial charge in [0, 0.05) is 6.42 Å². The number of carboxylic acids is 1. The van der Waals surface area contributed by atoms with Gasteiger partial charge in [0.1, 0.15) is 0 Å². The highest BCUT2D eigenvalue weighted by atomic mass is 16.4. The van der Waals surface area contributed by atoms with Gasteiger partial charge in [0.15, 0.2) is 0 Å². The lowest BCUT2D eigenvalue weighted by molar-refractivity contribution is -0.136. The van der Waals surface area contributed by atoms with Gasteiger partial charge in [0.05, 0.1) is 0 Å². The average molecular weight is 196 g/mol. The summed E-state index contributed by atoms with van der Waals surface area (Å²) in [5, 5.41) is 8.47. The predicted octanol–water partition coefficient (Wildman–Crippen LogP) is 3.54. The first-order valence-electron chi connectivity index (χ1n) is 5.09. The molecule has 0 aliphatic heterocycles. The molecule has 0 aromatic rings. The fourth-order valence-corrected chi connectivity index (χ4v) is 1.01. The first-order valence-corrected chi connectivity index (χ1v) is 5.09. The number of allylic oxidation sites excluding steroid dienone is 4. The summed E-state index contributed by atoms with van der Waals surface area (Å²) in [6, 6.07) is 0. The predicted molar refractivity (Wildman–Crippen MR) is 59.3 cm³/mol. The molecule has 0 heterocycles. The van der Waals surface area contributed by atoms with Crippen molar-refractivity contribution in [1.82, 2.24) is 0 Å². The fraction of sp³-hybridized carbons (Fsp3) is 0.583. The topological polar surface area (TPSA) is 37.3 Å². The van der Waals surface area contributed by atoms with Crippen molar-refractivity contribution in [3.63, 3.8) is 0 Å². The normalized spacial score (nSPS) is 13.1. The van der Waals surface area contributed by atoms with Crippen LogP contribution in [0.2, 0.25) is 0 Å². The molecule has 0 unspecified atom stereocenters. The molecular weight excluding hydrogens is 176 g/mol.